The number of aliphatic hydroxyl groups excluding tert-OH is 1. The number of benzene rings is 2. The van der Waals surface area contributed by atoms with E-state index in [1.807, 2.05) is 42.5 Å². The Labute approximate surface area is 144 Å². The van der Waals surface area contributed by atoms with E-state index in [9.17, 15) is 5.11 Å². The van der Waals surface area contributed by atoms with Gasteiger partial charge in [-0.1, -0.05) is 48.5 Å². The van der Waals surface area contributed by atoms with Gasteiger partial charge in [-0.25, -0.2) is 0 Å². The van der Waals surface area contributed by atoms with Gasteiger partial charge in [-0.2, -0.15) is 0 Å². The van der Waals surface area contributed by atoms with Crippen molar-refractivity contribution >= 4 is 0 Å². The lowest BCUT2D eigenvalue weighted by Crippen LogP contribution is -2.11. The molecule has 128 valence electrons. The first-order valence-electron chi connectivity index (χ1n) is 8.31. The quantitative estimate of drug-likeness (QED) is 0.645. The van der Waals surface area contributed by atoms with E-state index in [2.05, 4.69) is 18.7 Å². The molecule has 0 heterocycles. The third-order valence-electron chi connectivity index (χ3n) is 3.98. The lowest BCUT2D eigenvalue weighted by Gasteiger charge is -2.20. The molecule has 0 saturated heterocycles. The van der Waals surface area contributed by atoms with Crippen LogP contribution < -0.4 is 4.74 Å². The standard InChI is InChI=1S/C21H26O3/c1-3-7-19(22)12-15-21(18-8-5-4-6-9-18)24-16-17-10-13-20(23-2)14-11-17/h3-6,8-11,13-14,19,21-22H,1,7,12,15-16H2,2H3/t19-,21-/m0/s1. The van der Waals surface area contributed by atoms with Gasteiger partial charge in [-0.15, -0.1) is 6.58 Å². The topological polar surface area (TPSA) is 38.7 Å². The highest BCUT2D eigenvalue weighted by Crippen LogP contribution is 2.25. The van der Waals surface area contributed by atoms with Crippen molar-refractivity contribution in [1.29, 1.82) is 0 Å². The van der Waals surface area contributed by atoms with Crippen molar-refractivity contribution in [2.45, 2.75) is 38.1 Å². The normalized spacial score (nSPS) is 13.2. The second-order valence-electron chi connectivity index (χ2n) is 5.81. The summed E-state index contributed by atoms with van der Waals surface area (Å²) in [4.78, 5) is 0. The van der Waals surface area contributed by atoms with Gasteiger partial charge in [-0.05, 0) is 42.5 Å². The van der Waals surface area contributed by atoms with Gasteiger partial charge in [-0.3, -0.25) is 0 Å². The molecular weight excluding hydrogens is 300 g/mol. The van der Waals surface area contributed by atoms with Crippen molar-refractivity contribution < 1.29 is 14.6 Å². The van der Waals surface area contributed by atoms with E-state index in [-0.39, 0.29) is 12.2 Å². The van der Waals surface area contributed by atoms with E-state index in [0.29, 0.717) is 19.4 Å². The van der Waals surface area contributed by atoms with Crippen LogP contribution in [0.15, 0.2) is 67.3 Å². The maximum absolute atomic E-state index is 9.95. The number of hydrogen-bond donors (Lipinski definition) is 1. The van der Waals surface area contributed by atoms with Crippen LogP contribution in [0.3, 0.4) is 0 Å². The molecule has 0 fully saturated rings. The molecule has 1 N–H and O–H groups in total. The van der Waals surface area contributed by atoms with Gasteiger partial charge >= 0.3 is 0 Å². The van der Waals surface area contributed by atoms with Gasteiger partial charge in [0.25, 0.3) is 0 Å². The van der Waals surface area contributed by atoms with E-state index in [4.69, 9.17) is 9.47 Å². The number of aliphatic hydroxyl groups is 1. The summed E-state index contributed by atoms with van der Waals surface area (Å²) in [5, 5.41) is 9.95. The molecule has 3 heteroatoms. The van der Waals surface area contributed by atoms with Crippen LogP contribution in [0, 0.1) is 0 Å². The van der Waals surface area contributed by atoms with Crippen LogP contribution >= 0.6 is 0 Å². The summed E-state index contributed by atoms with van der Waals surface area (Å²) in [6, 6.07) is 18.0. The minimum absolute atomic E-state index is 0.0345. The highest BCUT2D eigenvalue weighted by atomic mass is 16.5. The molecule has 24 heavy (non-hydrogen) atoms. The van der Waals surface area contributed by atoms with Crippen LogP contribution in [0.4, 0.5) is 0 Å². The summed E-state index contributed by atoms with van der Waals surface area (Å²) >= 11 is 0. The van der Waals surface area contributed by atoms with Crippen molar-refractivity contribution in [3.05, 3.63) is 78.4 Å². The van der Waals surface area contributed by atoms with Crippen molar-refractivity contribution in [2.75, 3.05) is 7.11 Å². The molecule has 0 bridgehead atoms. The molecule has 2 aromatic carbocycles. The van der Waals surface area contributed by atoms with Gasteiger partial charge in [0, 0.05) is 0 Å². The molecule has 2 rings (SSSR count). The molecule has 0 aliphatic rings. The smallest absolute Gasteiger partial charge is 0.118 e. The van der Waals surface area contributed by atoms with Gasteiger partial charge in [0.1, 0.15) is 5.75 Å². The predicted octanol–water partition coefficient (Wildman–Crippen LogP) is 4.67. The average Bonchev–Trinajstić information content (AvgIpc) is 2.63. The molecule has 0 unspecified atom stereocenters. The molecule has 3 nitrogen and oxygen atoms in total. The molecular formula is C21H26O3. The fraction of sp³-hybridized carbons (Fsp3) is 0.333. The number of rotatable bonds is 10. The minimum Gasteiger partial charge on any atom is -0.497 e. The summed E-state index contributed by atoms with van der Waals surface area (Å²) in [5.74, 6) is 0.839. The lowest BCUT2D eigenvalue weighted by atomic mass is 10.0. The van der Waals surface area contributed by atoms with E-state index in [1.54, 1.807) is 13.2 Å². The Morgan fingerprint density at radius 1 is 1.04 bits per heavy atom. The van der Waals surface area contributed by atoms with Crippen LogP contribution in [0.5, 0.6) is 5.75 Å². The molecule has 0 spiro atoms. The van der Waals surface area contributed by atoms with Crippen LogP contribution in [0.1, 0.15) is 36.5 Å². The molecule has 0 aliphatic carbocycles. The summed E-state index contributed by atoms with van der Waals surface area (Å²) < 4.78 is 11.3. The summed E-state index contributed by atoms with van der Waals surface area (Å²) in [6.45, 7) is 4.20. The third-order valence-corrected chi connectivity index (χ3v) is 3.98. The van der Waals surface area contributed by atoms with Crippen molar-refractivity contribution in [3.8, 4) is 5.75 Å². The Balaban J connectivity index is 1.98. The maximum Gasteiger partial charge on any atom is 0.118 e. The predicted molar refractivity (Wildman–Crippen MR) is 97.0 cm³/mol. The fourth-order valence-electron chi connectivity index (χ4n) is 2.59. The van der Waals surface area contributed by atoms with E-state index >= 15 is 0 Å². The minimum atomic E-state index is -0.363. The molecule has 2 atom stereocenters. The molecule has 0 amide bonds. The van der Waals surface area contributed by atoms with Gasteiger partial charge < -0.3 is 14.6 Å². The molecule has 0 aliphatic heterocycles. The first-order chi connectivity index (χ1) is 11.7. The van der Waals surface area contributed by atoms with Crippen LogP contribution in [0.2, 0.25) is 0 Å². The van der Waals surface area contributed by atoms with Crippen LogP contribution in [-0.2, 0) is 11.3 Å². The second-order valence-corrected chi connectivity index (χ2v) is 5.81. The molecule has 2 aromatic rings. The molecule has 0 radical (unpaired) electrons. The fourth-order valence-corrected chi connectivity index (χ4v) is 2.59. The van der Waals surface area contributed by atoms with E-state index in [1.165, 1.54) is 0 Å². The van der Waals surface area contributed by atoms with Crippen molar-refractivity contribution in [1.82, 2.24) is 0 Å². The Bertz CT molecular complexity index is 592. The Morgan fingerprint density at radius 2 is 1.75 bits per heavy atom. The van der Waals surface area contributed by atoms with E-state index < -0.39 is 0 Å². The lowest BCUT2D eigenvalue weighted by molar-refractivity contribution is 0.0228. The first kappa shape index (κ1) is 18.2. The third kappa shape index (κ3) is 5.84. The second kappa shape index (κ2) is 9.91. The Hall–Kier alpha value is -2.10. The van der Waals surface area contributed by atoms with Crippen LogP contribution in [-0.4, -0.2) is 18.3 Å². The first-order valence-corrected chi connectivity index (χ1v) is 8.31. The maximum atomic E-state index is 9.95. The SMILES string of the molecule is C=CC[C@H](O)CC[C@H](OCc1ccc(OC)cc1)c1ccccc1. The molecule has 0 aromatic heterocycles. The summed E-state index contributed by atoms with van der Waals surface area (Å²) in [5.41, 5.74) is 2.24. The van der Waals surface area contributed by atoms with Gasteiger partial charge in [0.05, 0.1) is 25.9 Å². The zero-order valence-corrected chi connectivity index (χ0v) is 14.2. The number of hydrogen-bond acceptors (Lipinski definition) is 3. The van der Waals surface area contributed by atoms with Gasteiger partial charge in [0.15, 0.2) is 0 Å². The monoisotopic (exact) mass is 326 g/mol. The zero-order valence-electron chi connectivity index (χ0n) is 14.2. The van der Waals surface area contributed by atoms with E-state index in [0.717, 1.165) is 23.3 Å². The zero-order chi connectivity index (χ0) is 17.2. The highest BCUT2D eigenvalue weighted by Gasteiger charge is 2.14. The van der Waals surface area contributed by atoms with Crippen LogP contribution in [0.25, 0.3) is 0 Å². The highest BCUT2D eigenvalue weighted by molar-refractivity contribution is 5.26. The van der Waals surface area contributed by atoms with Gasteiger partial charge in [0.2, 0.25) is 0 Å². The average molecular weight is 326 g/mol. The Morgan fingerprint density at radius 3 is 2.38 bits per heavy atom. The Kier molecular flexibility index (Phi) is 7.53. The number of methoxy groups -OCH3 is 1. The summed E-state index contributed by atoms with van der Waals surface area (Å²) in [7, 11) is 1.66. The summed E-state index contributed by atoms with van der Waals surface area (Å²) in [6.07, 6.45) is 3.43. The molecule has 0 saturated carbocycles. The number of ether oxygens (including phenoxy) is 2. The van der Waals surface area contributed by atoms with Crippen molar-refractivity contribution in [3.63, 3.8) is 0 Å². The van der Waals surface area contributed by atoms with Crippen molar-refractivity contribution in [2.24, 2.45) is 0 Å². The largest absolute Gasteiger partial charge is 0.497 e.